The maximum atomic E-state index is 14.0. The molecule has 4 rings (SSSR count). The lowest BCUT2D eigenvalue weighted by atomic mass is 10.2. The molecule has 1 fully saturated rings. The van der Waals surface area contributed by atoms with E-state index in [0.717, 1.165) is 41.0 Å². The number of hydrogen-bond donors (Lipinski definition) is 1. The van der Waals surface area contributed by atoms with Gasteiger partial charge in [0.15, 0.2) is 0 Å². The van der Waals surface area contributed by atoms with Crippen molar-refractivity contribution in [1.29, 1.82) is 0 Å². The number of carbonyl (C=O) groups is 1. The van der Waals surface area contributed by atoms with Gasteiger partial charge in [-0.1, -0.05) is 18.9 Å². The largest absolute Gasteiger partial charge is 0.325 e. The topological polar surface area (TPSA) is 104 Å². The summed E-state index contributed by atoms with van der Waals surface area (Å²) in [5.74, 6) is -1.32. The van der Waals surface area contributed by atoms with Crippen LogP contribution < -0.4 is 9.62 Å². The minimum Gasteiger partial charge on any atom is -0.325 e. The number of amides is 1. The molecule has 1 amide bonds. The number of nitrogens with one attached hydrogen (secondary N) is 1. The molecule has 0 aliphatic carbocycles. The van der Waals surface area contributed by atoms with Gasteiger partial charge in [-0.05, 0) is 85.8 Å². The molecular weight excluding hydrogens is 562 g/mol. The van der Waals surface area contributed by atoms with Crippen molar-refractivity contribution in [2.24, 2.45) is 0 Å². The van der Waals surface area contributed by atoms with Crippen molar-refractivity contribution in [2.45, 2.75) is 40.4 Å². The van der Waals surface area contributed by atoms with Crippen molar-refractivity contribution in [3.8, 4) is 0 Å². The van der Waals surface area contributed by atoms with E-state index in [-0.39, 0.29) is 15.5 Å². The molecular formula is C27H30FN3O5S3. The normalized spacial score (nSPS) is 14.9. The number of anilines is 2. The fraction of sp³-hybridized carbons (Fsp3) is 0.296. The predicted octanol–water partition coefficient (Wildman–Crippen LogP) is 4.95. The molecule has 0 unspecified atom stereocenters. The Morgan fingerprint density at radius 1 is 0.897 bits per heavy atom. The van der Waals surface area contributed by atoms with E-state index in [4.69, 9.17) is 0 Å². The van der Waals surface area contributed by atoms with Gasteiger partial charge in [0.25, 0.3) is 10.0 Å². The number of nitrogens with zero attached hydrogens (tertiary/aromatic N) is 2. The maximum absolute atomic E-state index is 14.0. The lowest BCUT2D eigenvalue weighted by Gasteiger charge is -2.24. The average molecular weight is 592 g/mol. The highest BCUT2D eigenvalue weighted by molar-refractivity contribution is 7.98. The summed E-state index contributed by atoms with van der Waals surface area (Å²) in [5.41, 5.74) is 0.300. The molecule has 8 nitrogen and oxygen atoms in total. The summed E-state index contributed by atoms with van der Waals surface area (Å²) < 4.78 is 69.4. The number of halogens is 1. The van der Waals surface area contributed by atoms with Crippen molar-refractivity contribution in [3.05, 3.63) is 78.6 Å². The van der Waals surface area contributed by atoms with Crippen LogP contribution in [0.15, 0.2) is 87.5 Å². The van der Waals surface area contributed by atoms with Crippen LogP contribution >= 0.6 is 11.8 Å². The van der Waals surface area contributed by atoms with E-state index >= 15 is 0 Å². The Kier molecular flexibility index (Phi) is 9.31. The molecule has 1 aliphatic rings. The van der Waals surface area contributed by atoms with Gasteiger partial charge >= 0.3 is 0 Å². The van der Waals surface area contributed by atoms with E-state index in [1.54, 1.807) is 12.1 Å². The number of hydrogen-bond acceptors (Lipinski definition) is 6. The second-order valence-corrected chi connectivity index (χ2v) is 13.7. The van der Waals surface area contributed by atoms with Crippen molar-refractivity contribution in [1.82, 2.24) is 4.31 Å². The van der Waals surface area contributed by atoms with E-state index in [0.29, 0.717) is 18.8 Å². The van der Waals surface area contributed by atoms with Gasteiger partial charge in [0.05, 0.1) is 15.5 Å². The summed E-state index contributed by atoms with van der Waals surface area (Å²) in [6.45, 7) is 0.334. The Hall–Kier alpha value is -2.93. The van der Waals surface area contributed by atoms with Crippen LogP contribution in [-0.2, 0) is 24.8 Å². The fourth-order valence-electron chi connectivity index (χ4n) is 4.29. The molecule has 0 aromatic heterocycles. The average Bonchev–Trinajstić information content (AvgIpc) is 3.22. The monoisotopic (exact) mass is 591 g/mol. The number of benzene rings is 3. The Labute approximate surface area is 233 Å². The Balaban J connectivity index is 1.54. The summed E-state index contributed by atoms with van der Waals surface area (Å²) >= 11 is 1.46. The molecule has 1 saturated heterocycles. The van der Waals surface area contributed by atoms with Crippen LogP contribution in [0, 0.1) is 5.82 Å². The molecule has 39 heavy (non-hydrogen) atoms. The first-order chi connectivity index (χ1) is 18.6. The third kappa shape index (κ3) is 6.99. The van der Waals surface area contributed by atoms with Crippen LogP contribution in [0.1, 0.15) is 25.7 Å². The molecule has 12 heteroatoms. The van der Waals surface area contributed by atoms with Gasteiger partial charge in [-0.2, -0.15) is 4.31 Å². The predicted molar refractivity (Wildman–Crippen MR) is 151 cm³/mol. The Morgan fingerprint density at radius 2 is 1.51 bits per heavy atom. The standard InChI is InChI=1S/C27H30FN3O5S3/c1-37-24-11-15-26(16-12-24)39(35,36)31(23-8-6-7-21(28)19-23)20-27(32)29-22-9-13-25(14-10-22)38(33,34)30-17-4-2-3-5-18-30/h6-16,19H,2-5,17-18,20H2,1H3,(H,29,32). The lowest BCUT2D eigenvalue weighted by molar-refractivity contribution is -0.114. The third-order valence-corrected chi connectivity index (χ3v) is 10.8. The number of rotatable bonds is 9. The quantitative estimate of drug-likeness (QED) is 0.354. The summed E-state index contributed by atoms with van der Waals surface area (Å²) in [7, 11) is -7.86. The minimum absolute atomic E-state index is 0.00187. The highest BCUT2D eigenvalue weighted by Crippen LogP contribution is 2.27. The molecule has 3 aromatic carbocycles. The molecule has 0 radical (unpaired) electrons. The van der Waals surface area contributed by atoms with E-state index in [9.17, 15) is 26.0 Å². The van der Waals surface area contributed by atoms with Gasteiger partial charge in [0.1, 0.15) is 12.4 Å². The van der Waals surface area contributed by atoms with E-state index in [1.807, 2.05) is 6.26 Å². The first-order valence-electron chi connectivity index (χ1n) is 12.4. The van der Waals surface area contributed by atoms with Crippen LogP contribution in [0.2, 0.25) is 0 Å². The molecule has 0 bridgehead atoms. The van der Waals surface area contributed by atoms with Crippen molar-refractivity contribution < 1.29 is 26.0 Å². The lowest BCUT2D eigenvalue weighted by Crippen LogP contribution is -2.38. The van der Waals surface area contributed by atoms with Crippen LogP contribution in [-0.4, -0.2) is 52.9 Å². The van der Waals surface area contributed by atoms with Crippen LogP contribution in [0.3, 0.4) is 0 Å². The Morgan fingerprint density at radius 3 is 2.10 bits per heavy atom. The van der Waals surface area contributed by atoms with Crippen LogP contribution in [0.5, 0.6) is 0 Å². The third-order valence-electron chi connectivity index (χ3n) is 6.37. The summed E-state index contributed by atoms with van der Waals surface area (Å²) in [4.78, 5) is 13.9. The second-order valence-electron chi connectivity index (χ2n) is 9.06. The van der Waals surface area contributed by atoms with Crippen LogP contribution in [0.25, 0.3) is 0 Å². The maximum Gasteiger partial charge on any atom is 0.264 e. The second kappa shape index (κ2) is 12.5. The first-order valence-corrected chi connectivity index (χ1v) is 16.5. The summed E-state index contributed by atoms with van der Waals surface area (Å²) in [6.07, 6.45) is 5.51. The van der Waals surface area contributed by atoms with Gasteiger partial charge in [0, 0.05) is 23.7 Å². The zero-order chi connectivity index (χ0) is 28.0. The summed E-state index contributed by atoms with van der Waals surface area (Å²) in [5, 5.41) is 2.62. The van der Waals surface area contributed by atoms with Gasteiger partial charge in [-0.15, -0.1) is 11.8 Å². The molecule has 1 heterocycles. The van der Waals surface area contributed by atoms with Crippen molar-refractivity contribution in [2.75, 3.05) is 35.5 Å². The van der Waals surface area contributed by atoms with Gasteiger partial charge in [-0.25, -0.2) is 21.2 Å². The zero-order valence-electron chi connectivity index (χ0n) is 21.4. The molecule has 0 saturated carbocycles. The number of thioether (sulfide) groups is 1. The van der Waals surface area contributed by atoms with E-state index < -0.39 is 38.3 Å². The SMILES string of the molecule is CSc1ccc(S(=O)(=O)N(CC(=O)Nc2ccc(S(=O)(=O)N3CCCCCC3)cc2)c2cccc(F)c2)cc1. The van der Waals surface area contributed by atoms with Crippen molar-refractivity contribution in [3.63, 3.8) is 0 Å². The number of carbonyl (C=O) groups excluding carboxylic acids is 1. The van der Waals surface area contributed by atoms with E-state index in [1.165, 1.54) is 70.7 Å². The molecule has 1 aliphatic heterocycles. The first kappa shape index (κ1) is 29.1. The van der Waals surface area contributed by atoms with Crippen molar-refractivity contribution >= 4 is 49.1 Å². The zero-order valence-corrected chi connectivity index (χ0v) is 23.9. The molecule has 208 valence electrons. The molecule has 1 N–H and O–H groups in total. The fourth-order valence-corrected chi connectivity index (χ4v) is 7.63. The highest BCUT2D eigenvalue weighted by Gasteiger charge is 2.28. The van der Waals surface area contributed by atoms with Crippen LogP contribution in [0.4, 0.5) is 15.8 Å². The number of sulfonamides is 2. The van der Waals surface area contributed by atoms with E-state index in [2.05, 4.69) is 5.32 Å². The van der Waals surface area contributed by atoms with Gasteiger partial charge in [-0.3, -0.25) is 9.10 Å². The van der Waals surface area contributed by atoms with Gasteiger partial charge < -0.3 is 5.32 Å². The molecule has 0 atom stereocenters. The Bertz CT molecular complexity index is 1500. The smallest absolute Gasteiger partial charge is 0.264 e. The van der Waals surface area contributed by atoms with Gasteiger partial charge in [0.2, 0.25) is 15.9 Å². The summed E-state index contributed by atoms with van der Waals surface area (Å²) in [6, 6.07) is 17.0. The highest BCUT2D eigenvalue weighted by atomic mass is 32.2. The molecule has 0 spiro atoms. The molecule has 3 aromatic rings. The minimum atomic E-state index is -4.21.